The second kappa shape index (κ2) is 10.3. The summed E-state index contributed by atoms with van der Waals surface area (Å²) in [5, 5.41) is 10.4. The van der Waals surface area contributed by atoms with Gasteiger partial charge in [-0.05, 0) is 48.2 Å². The van der Waals surface area contributed by atoms with E-state index in [1.54, 1.807) is 24.3 Å². The summed E-state index contributed by atoms with van der Waals surface area (Å²) in [6, 6.07) is 14.2. The Labute approximate surface area is 186 Å². The topological polar surface area (TPSA) is 66.8 Å². The number of ether oxygens (including phenoxy) is 1. The van der Waals surface area contributed by atoms with Crippen molar-refractivity contribution in [3.8, 4) is 0 Å². The van der Waals surface area contributed by atoms with Crippen LogP contribution in [0.5, 0.6) is 0 Å². The van der Waals surface area contributed by atoms with Crippen LogP contribution < -0.4 is 0 Å². The van der Waals surface area contributed by atoms with Gasteiger partial charge in [-0.3, -0.25) is 9.59 Å². The minimum atomic E-state index is -0.867. The van der Waals surface area contributed by atoms with Crippen molar-refractivity contribution in [3.63, 3.8) is 0 Å². The molecule has 1 saturated heterocycles. The van der Waals surface area contributed by atoms with Crippen LogP contribution >= 0.6 is 23.2 Å². The lowest BCUT2D eigenvalue weighted by molar-refractivity contribution is -0.164. The van der Waals surface area contributed by atoms with Crippen molar-refractivity contribution >= 4 is 35.1 Å². The van der Waals surface area contributed by atoms with Crippen LogP contribution in [-0.4, -0.2) is 34.5 Å². The van der Waals surface area contributed by atoms with Crippen LogP contribution in [0.1, 0.15) is 55.9 Å². The van der Waals surface area contributed by atoms with Crippen molar-refractivity contribution in [2.24, 2.45) is 0 Å². The summed E-state index contributed by atoms with van der Waals surface area (Å²) in [5.74, 6) is -1.00. The van der Waals surface area contributed by atoms with Crippen LogP contribution in [0, 0.1) is 0 Å². The van der Waals surface area contributed by atoms with Crippen molar-refractivity contribution in [2.75, 3.05) is 6.61 Å². The molecule has 1 aliphatic heterocycles. The molecule has 2 aromatic rings. The number of nitrogens with zero attached hydrogens (tertiary/aromatic N) is 1. The van der Waals surface area contributed by atoms with Crippen molar-refractivity contribution < 1.29 is 19.4 Å². The van der Waals surface area contributed by atoms with Gasteiger partial charge in [-0.1, -0.05) is 60.8 Å². The Morgan fingerprint density at radius 2 is 1.63 bits per heavy atom. The first-order chi connectivity index (χ1) is 14.4. The zero-order valence-electron chi connectivity index (χ0n) is 16.8. The number of hydrogen-bond donors (Lipinski definition) is 1. The molecule has 0 saturated carbocycles. The van der Waals surface area contributed by atoms with Gasteiger partial charge in [0.25, 0.3) is 0 Å². The third-order valence-corrected chi connectivity index (χ3v) is 5.88. The molecule has 1 aliphatic rings. The molecule has 1 fully saturated rings. The number of carboxylic acid groups (broad SMARTS) is 1. The van der Waals surface area contributed by atoms with Crippen LogP contribution in [0.25, 0.3) is 0 Å². The Morgan fingerprint density at radius 3 is 2.17 bits per heavy atom. The zero-order chi connectivity index (χ0) is 21.7. The Balaban J connectivity index is 2.05. The quantitative estimate of drug-likeness (QED) is 0.563. The summed E-state index contributed by atoms with van der Waals surface area (Å²) < 4.78 is 6.01. The number of halogens is 2. The van der Waals surface area contributed by atoms with Crippen molar-refractivity contribution in [2.45, 2.75) is 50.8 Å². The highest BCUT2D eigenvalue weighted by Gasteiger charge is 2.41. The Kier molecular flexibility index (Phi) is 7.75. The van der Waals surface area contributed by atoms with Crippen LogP contribution in [-0.2, 0) is 14.3 Å². The normalized spacial score (nSPS) is 20.2. The van der Waals surface area contributed by atoms with Crippen molar-refractivity contribution in [1.29, 1.82) is 0 Å². The fraction of sp³-hybridized carbons (Fsp3) is 0.391. The van der Waals surface area contributed by atoms with Gasteiger partial charge in [-0.2, -0.15) is 0 Å². The third-order valence-electron chi connectivity index (χ3n) is 5.38. The Bertz CT molecular complexity index is 870. The number of rotatable bonds is 8. The zero-order valence-corrected chi connectivity index (χ0v) is 18.3. The minimum absolute atomic E-state index is 0.00819. The van der Waals surface area contributed by atoms with Gasteiger partial charge >= 0.3 is 5.97 Å². The lowest BCUT2D eigenvalue weighted by Gasteiger charge is -2.45. The molecule has 160 valence electrons. The standard InChI is InChI=1S/C23H25Cl2NO4/c1-2-3-19(12-13-21(28)29)26-20(27)14-30-23(16-6-10-18(25)11-7-16)22(26)15-4-8-17(24)9-5-15/h4-11,19,22-23H,2-3,12-14H2,1H3,(H,28,29)/t19-,22+,23-/m0/s1. The van der Waals surface area contributed by atoms with Crippen LogP contribution in [0.4, 0.5) is 0 Å². The fourth-order valence-corrected chi connectivity index (χ4v) is 4.28. The van der Waals surface area contributed by atoms with Crippen LogP contribution in [0.15, 0.2) is 48.5 Å². The minimum Gasteiger partial charge on any atom is -0.481 e. The summed E-state index contributed by atoms with van der Waals surface area (Å²) in [4.78, 5) is 26.1. The largest absolute Gasteiger partial charge is 0.481 e. The van der Waals surface area contributed by atoms with Crippen LogP contribution in [0.3, 0.4) is 0 Å². The molecule has 5 nitrogen and oxygen atoms in total. The predicted octanol–water partition coefficient (Wildman–Crippen LogP) is 5.67. The maximum Gasteiger partial charge on any atom is 0.303 e. The molecule has 3 rings (SSSR count). The van der Waals surface area contributed by atoms with Gasteiger partial charge in [0.2, 0.25) is 5.91 Å². The van der Waals surface area contributed by atoms with E-state index in [0.717, 1.165) is 24.0 Å². The van der Waals surface area contributed by atoms with E-state index in [1.807, 2.05) is 36.1 Å². The average molecular weight is 450 g/mol. The smallest absolute Gasteiger partial charge is 0.303 e. The van der Waals surface area contributed by atoms with E-state index in [2.05, 4.69) is 0 Å². The number of carbonyl (C=O) groups excluding carboxylic acids is 1. The van der Waals surface area contributed by atoms with E-state index in [-0.39, 0.29) is 25.0 Å². The number of hydrogen-bond acceptors (Lipinski definition) is 3. The van der Waals surface area contributed by atoms with E-state index in [4.69, 9.17) is 27.9 Å². The van der Waals surface area contributed by atoms with Gasteiger partial charge in [-0.25, -0.2) is 0 Å². The summed E-state index contributed by atoms with van der Waals surface area (Å²) in [6.45, 7) is 1.98. The highest BCUT2D eigenvalue weighted by atomic mass is 35.5. The molecule has 30 heavy (non-hydrogen) atoms. The summed E-state index contributed by atoms with van der Waals surface area (Å²) in [5.41, 5.74) is 1.80. The van der Waals surface area contributed by atoms with E-state index in [1.165, 1.54) is 0 Å². The van der Waals surface area contributed by atoms with Gasteiger partial charge in [0.15, 0.2) is 0 Å². The maximum atomic E-state index is 13.0. The predicted molar refractivity (Wildman–Crippen MR) is 117 cm³/mol. The first kappa shape index (κ1) is 22.6. The van der Waals surface area contributed by atoms with Gasteiger partial charge in [0.1, 0.15) is 12.7 Å². The number of benzene rings is 2. The van der Waals surface area contributed by atoms with E-state index >= 15 is 0 Å². The molecule has 0 aromatic heterocycles. The summed E-state index contributed by atoms with van der Waals surface area (Å²) in [7, 11) is 0. The van der Waals surface area contributed by atoms with Crippen molar-refractivity contribution in [3.05, 3.63) is 69.7 Å². The summed E-state index contributed by atoms with van der Waals surface area (Å²) >= 11 is 12.2. The molecule has 0 unspecified atom stereocenters. The molecule has 3 atom stereocenters. The van der Waals surface area contributed by atoms with E-state index in [9.17, 15) is 14.7 Å². The number of aliphatic carboxylic acids is 1. The molecule has 2 aromatic carbocycles. The Hall–Kier alpha value is -2.08. The summed E-state index contributed by atoms with van der Waals surface area (Å²) in [6.07, 6.45) is 1.57. The highest BCUT2D eigenvalue weighted by molar-refractivity contribution is 6.30. The van der Waals surface area contributed by atoms with E-state index in [0.29, 0.717) is 16.5 Å². The molecule has 0 bridgehead atoms. The van der Waals surface area contributed by atoms with Gasteiger partial charge in [0, 0.05) is 22.5 Å². The molecule has 1 heterocycles. The fourth-order valence-electron chi connectivity index (χ4n) is 4.03. The van der Waals surface area contributed by atoms with Crippen LogP contribution in [0.2, 0.25) is 10.0 Å². The Morgan fingerprint density at radius 1 is 1.07 bits per heavy atom. The molecular formula is C23H25Cl2NO4. The molecular weight excluding hydrogens is 425 g/mol. The van der Waals surface area contributed by atoms with E-state index < -0.39 is 18.1 Å². The average Bonchev–Trinajstić information content (AvgIpc) is 2.72. The third kappa shape index (κ3) is 5.34. The number of carbonyl (C=O) groups is 2. The molecule has 0 radical (unpaired) electrons. The first-order valence-corrected chi connectivity index (χ1v) is 10.8. The first-order valence-electron chi connectivity index (χ1n) is 10.1. The monoisotopic (exact) mass is 449 g/mol. The second-order valence-electron chi connectivity index (χ2n) is 7.46. The molecule has 7 heteroatoms. The molecule has 1 amide bonds. The SMILES string of the molecule is CCC[C@@H](CCC(=O)O)N1C(=O)CO[C@@H](c2ccc(Cl)cc2)[C@H]1c1ccc(Cl)cc1. The van der Waals surface area contributed by atoms with Gasteiger partial charge < -0.3 is 14.7 Å². The molecule has 0 aliphatic carbocycles. The van der Waals surface area contributed by atoms with Crippen molar-refractivity contribution in [1.82, 2.24) is 4.90 Å². The van der Waals surface area contributed by atoms with Gasteiger partial charge in [-0.15, -0.1) is 0 Å². The molecule has 0 spiro atoms. The number of morpholine rings is 1. The molecule has 1 N–H and O–H groups in total. The maximum absolute atomic E-state index is 13.0. The lowest BCUT2D eigenvalue weighted by Crippen LogP contribution is -2.51. The highest BCUT2D eigenvalue weighted by Crippen LogP contribution is 2.42. The number of amides is 1. The lowest BCUT2D eigenvalue weighted by atomic mass is 9.90. The second-order valence-corrected chi connectivity index (χ2v) is 8.33. The number of carboxylic acids is 1. The van der Waals surface area contributed by atoms with Gasteiger partial charge in [0.05, 0.1) is 6.04 Å².